The Morgan fingerprint density at radius 3 is 2.50 bits per heavy atom. The van der Waals surface area contributed by atoms with Crippen molar-refractivity contribution in [3.05, 3.63) is 51.4 Å². The Morgan fingerprint density at radius 1 is 1.29 bits per heavy atom. The van der Waals surface area contributed by atoms with Crippen molar-refractivity contribution < 1.29 is 24.3 Å². The van der Waals surface area contributed by atoms with E-state index in [1.54, 1.807) is 4.90 Å². The van der Waals surface area contributed by atoms with Gasteiger partial charge in [0, 0.05) is 19.6 Å². The van der Waals surface area contributed by atoms with Gasteiger partial charge in [0.25, 0.3) is 0 Å². The van der Waals surface area contributed by atoms with Crippen molar-refractivity contribution in [2.24, 2.45) is 0 Å². The first-order valence-electron chi connectivity index (χ1n) is 11.3. The van der Waals surface area contributed by atoms with Crippen molar-refractivity contribution in [3.63, 3.8) is 0 Å². The number of carbonyl (C=O) groups excluding carboxylic acids is 1. The molecule has 0 spiro atoms. The number of hydrogen-bond acceptors (Lipinski definition) is 7. The van der Waals surface area contributed by atoms with E-state index >= 15 is 0 Å². The number of halogens is 1. The van der Waals surface area contributed by atoms with Crippen molar-refractivity contribution in [1.82, 2.24) is 14.5 Å². The average molecular weight is 495 g/mol. The number of aromatic nitrogens is 2. The summed E-state index contributed by atoms with van der Waals surface area (Å²) in [6, 6.07) is 7.77. The van der Waals surface area contributed by atoms with Crippen LogP contribution in [0.3, 0.4) is 0 Å². The Morgan fingerprint density at radius 2 is 1.94 bits per heavy atom. The molecule has 1 fully saturated rings. The molecular weight excluding hydrogens is 464 g/mol. The van der Waals surface area contributed by atoms with E-state index in [2.05, 4.69) is 4.98 Å². The topological polar surface area (TPSA) is 120 Å². The summed E-state index contributed by atoms with van der Waals surface area (Å²) in [5, 5.41) is 21.0. The van der Waals surface area contributed by atoms with Crippen LogP contribution in [-0.2, 0) is 11.3 Å². The van der Waals surface area contributed by atoms with E-state index in [0.717, 1.165) is 12.8 Å². The highest BCUT2D eigenvalue weighted by Crippen LogP contribution is 2.30. The molecule has 2 heterocycles. The van der Waals surface area contributed by atoms with Gasteiger partial charge in [-0.3, -0.25) is 4.57 Å². The van der Waals surface area contributed by atoms with E-state index in [4.69, 9.17) is 21.1 Å². The van der Waals surface area contributed by atoms with Crippen LogP contribution in [0, 0.1) is 10.1 Å². The molecule has 1 saturated heterocycles. The van der Waals surface area contributed by atoms with Crippen LogP contribution in [0.2, 0.25) is 5.28 Å². The van der Waals surface area contributed by atoms with Gasteiger partial charge in [-0.2, -0.15) is 0 Å². The minimum Gasteiger partial charge on any atom is -0.491 e. The van der Waals surface area contributed by atoms with Crippen LogP contribution in [0.1, 0.15) is 51.5 Å². The molecule has 186 valence electrons. The Balaban J connectivity index is 1.42. The van der Waals surface area contributed by atoms with Crippen LogP contribution in [-0.4, -0.2) is 62.0 Å². The number of aliphatic hydroxyl groups excluding tert-OH is 1. The maximum absolute atomic E-state index is 12.2. The van der Waals surface area contributed by atoms with Crippen molar-refractivity contribution in [1.29, 1.82) is 0 Å². The highest BCUT2D eigenvalue weighted by molar-refractivity contribution is 6.28. The number of aliphatic hydroxyl groups is 1. The second kappa shape index (κ2) is 11.1. The van der Waals surface area contributed by atoms with Crippen LogP contribution in [0.4, 0.5) is 10.6 Å². The van der Waals surface area contributed by atoms with E-state index in [1.807, 2.05) is 45.0 Å². The summed E-state index contributed by atoms with van der Waals surface area (Å²) in [6.07, 6.45) is 2.25. The number of imidazole rings is 1. The van der Waals surface area contributed by atoms with Gasteiger partial charge in [-0.1, -0.05) is 12.1 Å². The van der Waals surface area contributed by atoms with Crippen molar-refractivity contribution in [2.75, 3.05) is 19.7 Å². The number of ether oxygens (including phenoxy) is 2. The van der Waals surface area contributed by atoms with Gasteiger partial charge in [0.2, 0.25) is 0 Å². The Kier molecular flexibility index (Phi) is 8.37. The third-order valence-electron chi connectivity index (χ3n) is 5.55. The van der Waals surface area contributed by atoms with E-state index in [9.17, 15) is 20.0 Å². The summed E-state index contributed by atoms with van der Waals surface area (Å²) < 4.78 is 12.6. The molecule has 1 N–H and O–H groups in total. The first-order valence-corrected chi connectivity index (χ1v) is 11.7. The number of aryl methyl sites for hydroxylation is 1. The van der Waals surface area contributed by atoms with Crippen molar-refractivity contribution in [2.45, 2.75) is 64.2 Å². The number of nitro groups is 1. The summed E-state index contributed by atoms with van der Waals surface area (Å²) in [7, 11) is 0. The smallest absolute Gasteiger partial charge is 0.410 e. The maximum atomic E-state index is 12.2. The molecule has 0 bridgehead atoms. The Labute approximate surface area is 203 Å². The molecule has 34 heavy (non-hydrogen) atoms. The number of rotatable bonds is 8. The lowest BCUT2D eigenvalue weighted by atomic mass is 9.89. The molecule has 11 heteroatoms. The lowest BCUT2D eigenvalue weighted by molar-refractivity contribution is -0.389. The maximum Gasteiger partial charge on any atom is 0.410 e. The van der Waals surface area contributed by atoms with Gasteiger partial charge in [-0.15, -0.1) is 0 Å². The lowest BCUT2D eigenvalue weighted by Crippen LogP contribution is -2.41. The van der Waals surface area contributed by atoms with Gasteiger partial charge in [0.05, 0.1) is 6.10 Å². The molecule has 3 rings (SSSR count). The van der Waals surface area contributed by atoms with E-state index in [-0.39, 0.29) is 30.3 Å². The molecule has 0 radical (unpaired) electrons. The molecule has 0 unspecified atom stereocenters. The summed E-state index contributed by atoms with van der Waals surface area (Å²) in [6.45, 7) is 7.28. The van der Waals surface area contributed by atoms with Crippen LogP contribution < -0.4 is 4.74 Å². The molecule has 1 aliphatic rings. The fourth-order valence-electron chi connectivity index (χ4n) is 3.75. The standard InChI is InChI=1S/C23H31ClN4O6/c1-23(2,3)34-22(30)26-11-8-17(9-12-26)16-4-6-19(7-5-16)33-15-18(29)10-13-27-14-20(28(31)32)25-21(27)24/h4-7,14,17-18,29H,8-13,15H2,1-3H3/t18-/m1/s1. The number of amides is 1. The quantitative estimate of drug-likeness (QED) is 0.426. The summed E-state index contributed by atoms with van der Waals surface area (Å²) in [5.74, 6) is 0.680. The molecular formula is C23H31ClN4O6. The molecule has 0 aliphatic carbocycles. The number of piperidine rings is 1. The third-order valence-corrected chi connectivity index (χ3v) is 5.85. The van der Waals surface area contributed by atoms with E-state index in [1.165, 1.54) is 16.3 Å². The number of hydrogen-bond donors (Lipinski definition) is 1. The Bertz CT molecular complexity index is 980. The minimum atomic E-state index is -0.769. The fraction of sp³-hybridized carbons (Fsp3) is 0.565. The number of nitrogens with zero attached hydrogens (tertiary/aromatic N) is 4. The zero-order valence-corrected chi connectivity index (χ0v) is 20.4. The number of benzene rings is 1. The van der Waals surface area contributed by atoms with Crippen LogP contribution in [0.5, 0.6) is 5.75 Å². The lowest BCUT2D eigenvalue weighted by Gasteiger charge is -2.33. The largest absolute Gasteiger partial charge is 0.491 e. The predicted molar refractivity (Wildman–Crippen MR) is 126 cm³/mol. The molecule has 1 aromatic carbocycles. The van der Waals surface area contributed by atoms with Crippen LogP contribution >= 0.6 is 11.6 Å². The molecule has 1 aromatic heterocycles. The second-order valence-electron chi connectivity index (χ2n) is 9.38. The monoisotopic (exact) mass is 494 g/mol. The summed E-state index contributed by atoms with van der Waals surface area (Å²) in [5.41, 5.74) is 0.693. The highest BCUT2D eigenvalue weighted by atomic mass is 35.5. The predicted octanol–water partition coefficient (Wildman–Crippen LogP) is 4.39. The Hall–Kier alpha value is -2.85. The molecule has 0 saturated carbocycles. The van der Waals surface area contributed by atoms with E-state index in [0.29, 0.717) is 31.2 Å². The fourth-order valence-corrected chi connectivity index (χ4v) is 3.97. The zero-order valence-electron chi connectivity index (χ0n) is 19.6. The normalized spacial score (nSPS) is 15.7. The van der Waals surface area contributed by atoms with Crippen molar-refractivity contribution >= 4 is 23.5 Å². The number of carbonyl (C=O) groups is 1. The van der Waals surface area contributed by atoms with Gasteiger partial charge >= 0.3 is 17.2 Å². The first-order chi connectivity index (χ1) is 16.0. The van der Waals surface area contributed by atoms with Gasteiger partial charge in [-0.25, -0.2) is 4.79 Å². The molecule has 1 amide bonds. The average Bonchev–Trinajstić information content (AvgIpc) is 3.16. The molecule has 10 nitrogen and oxygen atoms in total. The number of likely N-dealkylation sites (tertiary alicyclic amines) is 1. The van der Waals surface area contributed by atoms with Gasteiger partial charge in [0.1, 0.15) is 24.2 Å². The second-order valence-corrected chi connectivity index (χ2v) is 9.72. The summed E-state index contributed by atoms with van der Waals surface area (Å²) in [4.78, 5) is 27.8. The minimum absolute atomic E-state index is 0.00679. The zero-order chi connectivity index (χ0) is 24.9. The molecule has 2 aromatic rings. The molecule has 1 aliphatic heterocycles. The van der Waals surface area contributed by atoms with E-state index < -0.39 is 16.6 Å². The third kappa shape index (κ3) is 7.33. The SMILES string of the molecule is CC(C)(C)OC(=O)N1CCC(c2ccc(OC[C@H](O)CCn3cc([N+](=O)[O-])nc3Cl)cc2)CC1. The molecule has 1 atom stereocenters. The van der Waals surface area contributed by atoms with Gasteiger partial charge < -0.3 is 29.6 Å². The van der Waals surface area contributed by atoms with Crippen LogP contribution in [0.25, 0.3) is 0 Å². The highest BCUT2D eigenvalue weighted by Gasteiger charge is 2.27. The first kappa shape index (κ1) is 25.8. The van der Waals surface area contributed by atoms with Gasteiger partial charge in [0.15, 0.2) is 0 Å². The van der Waals surface area contributed by atoms with Crippen LogP contribution in [0.15, 0.2) is 30.5 Å². The summed E-state index contributed by atoms with van der Waals surface area (Å²) >= 11 is 5.88. The van der Waals surface area contributed by atoms with Crippen molar-refractivity contribution in [3.8, 4) is 5.75 Å². The van der Waals surface area contributed by atoms with Gasteiger partial charge in [-0.05, 0) is 85.2 Å².